The van der Waals surface area contributed by atoms with Crippen molar-refractivity contribution in [3.8, 4) is 0 Å². The van der Waals surface area contributed by atoms with E-state index in [1.165, 1.54) is 5.56 Å². The van der Waals surface area contributed by atoms with Crippen molar-refractivity contribution >= 4 is 5.91 Å². The maximum atomic E-state index is 12.1. The Bertz CT molecular complexity index is 377. The summed E-state index contributed by atoms with van der Waals surface area (Å²) >= 11 is 0. The molecule has 1 aromatic carbocycles. The molecule has 1 aromatic rings. The summed E-state index contributed by atoms with van der Waals surface area (Å²) in [4.78, 5) is 14.0. The van der Waals surface area contributed by atoms with E-state index in [4.69, 9.17) is 0 Å². The molecule has 1 fully saturated rings. The molecule has 1 amide bonds. The van der Waals surface area contributed by atoms with E-state index in [1.807, 2.05) is 30.0 Å². The number of benzene rings is 1. The van der Waals surface area contributed by atoms with Gasteiger partial charge in [-0.1, -0.05) is 43.7 Å². The molecule has 2 unspecified atom stereocenters. The lowest BCUT2D eigenvalue weighted by Gasteiger charge is -2.24. The molecule has 3 nitrogen and oxygen atoms in total. The van der Waals surface area contributed by atoms with Crippen LogP contribution >= 0.6 is 0 Å². The summed E-state index contributed by atoms with van der Waals surface area (Å²) in [5.74, 6) is 0.215. The van der Waals surface area contributed by atoms with Crippen molar-refractivity contribution < 1.29 is 4.79 Å². The van der Waals surface area contributed by atoms with Gasteiger partial charge in [0.25, 0.3) is 0 Å². The number of amides is 1. The van der Waals surface area contributed by atoms with E-state index in [0.717, 1.165) is 19.4 Å². The first-order valence-electron chi connectivity index (χ1n) is 6.35. The molecule has 3 heteroatoms. The van der Waals surface area contributed by atoms with Crippen LogP contribution in [0.3, 0.4) is 0 Å². The molecule has 0 radical (unpaired) electrons. The number of nitrogens with zero attached hydrogens (tertiary/aromatic N) is 1. The molecule has 1 saturated heterocycles. The lowest BCUT2D eigenvalue weighted by atomic mass is 10.1. The van der Waals surface area contributed by atoms with E-state index in [2.05, 4.69) is 24.4 Å². The molecular formula is C14H20N2O. The van der Waals surface area contributed by atoms with Gasteiger partial charge in [-0.3, -0.25) is 10.1 Å². The summed E-state index contributed by atoms with van der Waals surface area (Å²) in [6.07, 6.45) is 2.22. The van der Waals surface area contributed by atoms with Crippen molar-refractivity contribution in [1.82, 2.24) is 10.2 Å². The molecule has 0 bridgehead atoms. The van der Waals surface area contributed by atoms with Crippen LogP contribution in [0.25, 0.3) is 0 Å². The summed E-state index contributed by atoms with van der Waals surface area (Å²) < 4.78 is 0. The van der Waals surface area contributed by atoms with Crippen molar-refractivity contribution in [2.24, 2.45) is 0 Å². The SMILES string of the molecule is CCCCN1C(=O)C(C)NC1c1ccccc1. The van der Waals surface area contributed by atoms with E-state index >= 15 is 0 Å². The second kappa shape index (κ2) is 5.32. The minimum absolute atomic E-state index is 0.0465. The minimum atomic E-state index is -0.0722. The summed E-state index contributed by atoms with van der Waals surface area (Å²) in [5.41, 5.74) is 1.17. The van der Waals surface area contributed by atoms with Crippen molar-refractivity contribution in [3.05, 3.63) is 35.9 Å². The molecule has 2 atom stereocenters. The molecule has 1 aliphatic heterocycles. The van der Waals surface area contributed by atoms with Crippen LogP contribution in [-0.2, 0) is 4.79 Å². The van der Waals surface area contributed by atoms with Crippen molar-refractivity contribution in [3.63, 3.8) is 0 Å². The normalized spacial score (nSPS) is 24.4. The van der Waals surface area contributed by atoms with Crippen molar-refractivity contribution in [1.29, 1.82) is 0 Å². The number of hydrogen-bond donors (Lipinski definition) is 1. The lowest BCUT2D eigenvalue weighted by molar-refractivity contribution is -0.129. The highest BCUT2D eigenvalue weighted by molar-refractivity contribution is 5.84. The highest BCUT2D eigenvalue weighted by atomic mass is 16.2. The lowest BCUT2D eigenvalue weighted by Crippen LogP contribution is -2.31. The second-order valence-corrected chi connectivity index (χ2v) is 4.59. The van der Waals surface area contributed by atoms with Gasteiger partial charge in [0.05, 0.1) is 6.04 Å². The number of unbranched alkanes of at least 4 members (excludes halogenated alkanes) is 1. The summed E-state index contributed by atoms with van der Waals surface area (Å²) in [7, 11) is 0. The van der Waals surface area contributed by atoms with Gasteiger partial charge < -0.3 is 4.90 Å². The Kier molecular flexibility index (Phi) is 3.79. The van der Waals surface area contributed by atoms with Gasteiger partial charge in [0.2, 0.25) is 5.91 Å². The Hall–Kier alpha value is -1.35. The molecular weight excluding hydrogens is 212 g/mol. The molecule has 0 aromatic heterocycles. The van der Waals surface area contributed by atoms with Gasteiger partial charge in [-0.25, -0.2) is 0 Å². The summed E-state index contributed by atoms with van der Waals surface area (Å²) in [6.45, 7) is 4.92. The standard InChI is InChI=1S/C14H20N2O/c1-3-4-10-16-13(15-11(2)14(16)17)12-8-6-5-7-9-12/h5-9,11,13,15H,3-4,10H2,1-2H3. The monoisotopic (exact) mass is 232 g/mol. The van der Waals surface area contributed by atoms with Gasteiger partial charge >= 0.3 is 0 Å². The Morgan fingerprint density at radius 1 is 1.29 bits per heavy atom. The zero-order valence-electron chi connectivity index (χ0n) is 10.5. The summed E-state index contributed by atoms with van der Waals surface area (Å²) in [6, 6.07) is 10.1. The van der Waals surface area contributed by atoms with E-state index in [1.54, 1.807) is 0 Å². The van der Waals surface area contributed by atoms with Crippen LogP contribution in [0, 0.1) is 0 Å². The van der Waals surface area contributed by atoms with Crippen LogP contribution in [0.15, 0.2) is 30.3 Å². The highest BCUT2D eigenvalue weighted by Crippen LogP contribution is 2.25. The third-order valence-corrected chi connectivity index (χ3v) is 3.24. The minimum Gasteiger partial charge on any atom is -0.322 e. The van der Waals surface area contributed by atoms with Crippen LogP contribution in [0.1, 0.15) is 38.4 Å². The molecule has 1 heterocycles. The van der Waals surface area contributed by atoms with E-state index < -0.39 is 0 Å². The van der Waals surface area contributed by atoms with Crippen molar-refractivity contribution in [2.75, 3.05) is 6.54 Å². The topological polar surface area (TPSA) is 32.3 Å². The van der Waals surface area contributed by atoms with Gasteiger partial charge in [0, 0.05) is 6.54 Å². The third kappa shape index (κ3) is 2.50. The fourth-order valence-corrected chi connectivity index (χ4v) is 2.25. The van der Waals surface area contributed by atoms with Crippen LogP contribution < -0.4 is 5.32 Å². The largest absolute Gasteiger partial charge is 0.322 e. The average Bonchev–Trinajstić information content (AvgIpc) is 2.65. The molecule has 1 N–H and O–H groups in total. The quantitative estimate of drug-likeness (QED) is 0.864. The predicted molar refractivity (Wildman–Crippen MR) is 68.4 cm³/mol. The third-order valence-electron chi connectivity index (χ3n) is 3.24. The maximum Gasteiger partial charge on any atom is 0.241 e. The van der Waals surface area contributed by atoms with Gasteiger partial charge in [-0.15, -0.1) is 0 Å². The molecule has 1 aliphatic rings. The molecule has 0 aliphatic carbocycles. The predicted octanol–water partition coefficient (Wildman–Crippen LogP) is 2.31. The number of nitrogens with one attached hydrogen (secondary N) is 1. The van der Waals surface area contributed by atoms with Gasteiger partial charge in [-0.05, 0) is 18.9 Å². The van der Waals surface area contributed by atoms with E-state index in [-0.39, 0.29) is 18.1 Å². The molecule has 0 saturated carbocycles. The van der Waals surface area contributed by atoms with E-state index in [9.17, 15) is 4.79 Å². The number of carbonyl (C=O) groups excluding carboxylic acids is 1. The van der Waals surface area contributed by atoms with Crippen LogP contribution in [-0.4, -0.2) is 23.4 Å². The Balaban J connectivity index is 2.17. The molecule has 0 spiro atoms. The van der Waals surface area contributed by atoms with E-state index in [0.29, 0.717) is 0 Å². The zero-order valence-corrected chi connectivity index (χ0v) is 10.5. The fourth-order valence-electron chi connectivity index (χ4n) is 2.25. The number of hydrogen-bond acceptors (Lipinski definition) is 2. The Labute approximate surface area is 103 Å². The zero-order chi connectivity index (χ0) is 12.3. The smallest absolute Gasteiger partial charge is 0.241 e. The van der Waals surface area contributed by atoms with Gasteiger partial charge in [0.1, 0.15) is 6.17 Å². The highest BCUT2D eigenvalue weighted by Gasteiger charge is 2.36. The first kappa shape index (κ1) is 12.1. The average molecular weight is 232 g/mol. The van der Waals surface area contributed by atoms with Crippen molar-refractivity contribution in [2.45, 2.75) is 38.9 Å². The van der Waals surface area contributed by atoms with Crippen LogP contribution in [0.2, 0.25) is 0 Å². The summed E-state index contributed by atoms with van der Waals surface area (Å²) in [5, 5.41) is 3.36. The fraction of sp³-hybridized carbons (Fsp3) is 0.500. The molecule has 92 valence electrons. The maximum absolute atomic E-state index is 12.1. The van der Waals surface area contributed by atoms with Crippen LogP contribution in [0.5, 0.6) is 0 Å². The van der Waals surface area contributed by atoms with Gasteiger partial charge in [0.15, 0.2) is 0 Å². The van der Waals surface area contributed by atoms with Gasteiger partial charge in [-0.2, -0.15) is 0 Å². The first-order valence-corrected chi connectivity index (χ1v) is 6.35. The number of rotatable bonds is 4. The second-order valence-electron chi connectivity index (χ2n) is 4.59. The van der Waals surface area contributed by atoms with Crippen LogP contribution in [0.4, 0.5) is 0 Å². The number of carbonyl (C=O) groups is 1. The molecule has 2 rings (SSSR count). The Morgan fingerprint density at radius 2 is 2.00 bits per heavy atom. The Morgan fingerprint density at radius 3 is 2.65 bits per heavy atom. The first-order chi connectivity index (χ1) is 8.24. The molecule has 17 heavy (non-hydrogen) atoms.